The molecule has 0 amide bonds. The number of carboxylic acids is 1. The average Bonchev–Trinajstić information content (AvgIpc) is 2.96. The van der Waals surface area contributed by atoms with Gasteiger partial charge in [0.15, 0.2) is 12.8 Å². The highest BCUT2D eigenvalue weighted by atomic mass is 79.9. The molecule has 0 aromatic heterocycles. The largest absolute Gasteiger partial charge is 1.00 e. The maximum absolute atomic E-state index is 11.0. The number of nitro benzene ring substituents is 2. The zero-order valence-corrected chi connectivity index (χ0v) is 15.5. The fraction of sp³-hybridized carbons (Fsp3) is 0.176. The van der Waals surface area contributed by atoms with Crippen molar-refractivity contribution in [2.45, 2.75) is 19.4 Å². The van der Waals surface area contributed by atoms with Crippen LogP contribution < -0.4 is 17.0 Å². The van der Waals surface area contributed by atoms with Crippen LogP contribution in [-0.4, -0.2) is 31.7 Å². The summed E-state index contributed by atoms with van der Waals surface area (Å²) >= 11 is 0. The molecule has 3 rings (SSSR count). The van der Waals surface area contributed by atoms with E-state index < -0.39 is 15.8 Å². The number of carboxylic acid groups (broad SMARTS) is 1. The lowest BCUT2D eigenvalue weighted by Crippen LogP contribution is -3.00. The molecular formula is C17H14BrN3O6. The maximum atomic E-state index is 11.0. The van der Waals surface area contributed by atoms with Gasteiger partial charge in [0.05, 0.1) is 28.8 Å². The summed E-state index contributed by atoms with van der Waals surface area (Å²) in [5.74, 6) is -0.910. The van der Waals surface area contributed by atoms with Gasteiger partial charge in [-0.15, -0.1) is 0 Å². The smallest absolute Gasteiger partial charge is 0.307 e. The molecule has 0 saturated heterocycles. The summed E-state index contributed by atoms with van der Waals surface area (Å²) < 4.78 is 1.85. The van der Waals surface area contributed by atoms with Gasteiger partial charge in [-0.3, -0.25) is 25.0 Å². The van der Waals surface area contributed by atoms with E-state index in [4.69, 9.17) is 5.11 Å². The average molecular weight is 436 g/mol. The van der Waals surface area contributed by atoms with Crippen molar-refractivity contribution in [1.29, 1.82) is 0 Å². The highest BCUT2D eigenvalue weighted by molar-refractivity contribution is 5.72. The Bertz CT molecular complexity index is 941. The Morgan fingerprint density at radius 2 is 1.67 bits per heavy atom. The van der Waals surface area contributed by atoms with Crippen LogP contribution in [-0.2, 0) is 24.2 Å². The number of rotatable bonds is 6. The van der Waals surface area contributed by atoms with Gasteiger partial charge in [-0.1, -0.05) is 6.07 Å². The van der Waals surface area contributed by atoms with Crippen LogP contribution in [0, 0.1) is 20.2 Å². The molecule has 1 aliphatic rings. The number of benzene rings is 2. The standard InChI is InChI=1S/C17H13N3O6.BrH/c21-17(22)8-11-1-2-16-13(5-11)3-4-18(16)10-12-6-14(19(23)24)9-15(7-12)20(25)26;/h1-2,4-7,9H,3,8,10H2;1H. The van der Waals surface area contributed by atoms with Crippen molar-refractivity contribution >= 4 is 29.2 Å². The molecule has 0 bridgehead atoms. The molecule has 0 spiro atoms. The third kappa shape index (κ3) is 4.53. The predicted molar refractivity (Wildman–Crippen MR) is 90.9 cm³/mol. The van der Waals surface area contributed by atoms with Crippen molar-refractivity contribution in [3.05, 3.63) is 73.3 Å². The van der Waals surface area contributed by atoms with Crippen LogP contribution in [0.1, 0.15) is 16.7 Å². The minimum absolute atomic E-state index is 0. The van der Waals surface area contributed by atoms with Crippen LogP contribution in [0.25, 0.3) is 0 Å². The van der Waals surface area contributed by atoms with E-state index in [1.807, 2.05) is 16.9 Å². The van der Waals surface area contributed by atoms with Crippen LogP contribution in [0.5, 0.6) is 0 Å². The second-order valence-corrected chi connectivity index (χ2v) is 5.92. The summed E-state index contributed by atoms with van der Waals surface area (Å²) in [5, 5.41) is 30.9. The van der Waals surface area contributed by atoms with E-state index in [1.165, 1.54) is 12.1 Å². The van der Waals surface area contributed by atoms with E-state index in [2.05, 4.69) is 0 Å². The van der Waals surface area contributed by atoms with Crippen LogP contribution in [0.3, 0.4) is 0 Å². The topological polar surface area (TPSA) is 127 Å². The lowest BCUT2D eigenvalue weighted by Gasteiger charge is -2.04. The number of halogens is 1. The molecule has 0 radical (unpaired) electrons. The van der Waals surface area contributed by atoms with Gasteiger partial charge in [0.2, 0.25) is 5.69 Å². The lowest BCUT2D eigenvalue weighted by atomic mass is 10.1. The molecular weight excluding hydrogens is 422 g/mol. The van der Waals surface area contributed by atoms with Gasteiger partial charge in [-0.2, -0.15) is 4.58 Å². The molecule has 0 aliphatic carbocycles. The highest BCUT2D eigenvalue weighted by Crippen LogP contribution is 2.29. The molecule has 27 heavy (non-hydrogen) atoms. The quantitative estimate of drug-likeness (QED) is 0.373. The third-order valence-corrected chi connectivity index (χ3v) is 4.08. The Kier molecular flexibility index (Phi) is 6.01. The maximum Gasteiger partial charge on any atom is 0.307 e. The summed E-state index contributed by atoms with van der Waals surface area (Å²) in [6, 6.07) is 8.90. The first-order chi connectivity index (χ1) is 12.3. The summed E-state index contributed by atoms with van der Waals surface area (Å²) in [7, 11) is 0. The molecule has 2 aromatic carbocycles. The zero-order valence-electron chi connectivity index (χ0n) is 13.9. The third-order valence-electron chi connectivity index (χ3n) is 4.08. The normalized spacial score (nSPS) is 11.9. The number of carbonyl (C=O) groups is 1. The van der Waals surface area contributed by atoms with Crippen molar-refractivity contribution in [3.63, 3.8) is 0 Å². The Morgan fingerprint density at radius 3 is 2.22 bits per heavy atom. The molecule has 2 aromatic rings. The van der Waals surface area contributed by atoms with Gasteiger partial charge < -0.3 is 22.1 Å². The van der Waals surface area contributed by atoms with Crippen molar-refractivity contribution < 1.29 is 41.3 Å². The number of fused-ring (bicyclic) bond motifs is 1. The first-order valence-corrected chi connectivity index (χ1v) is 7.70. The van der Waals surface area contributed by atoms with E-state index >= 15 is 0 Å². The molecule has 0 unspecified atom stereocenters. The highest BCUT2D eigenvalue weighted by Gasteiger charge is 2.25. The second-order valence-electron chi connectivity index (χ2n) is 5.92. The van der Waals surface area contributed by atoms with Crippen LogP contribution in [0.4, 0.5) is 17.1 Å². The summed E-state index contributed by atoms with van der Waals surface area (Å²) in [6.45, 7) is 0.244. The van der Waals surface area contributed by atoms with E-state index in [0.29, 0.717) is 17.5 Å². The van der Waals surface area contributed by atoms with Gasteiger partial charge in [-0.05, 0) is 11.6 Å². The van der Waals surface area contributed by atoms with E-state index in [9.17, 15) is 25.0 Å². The van der Waals surface area contributed by atoms with Crippen LogP contribution in [0.15, 0.2) is 36.4 Å². The zero-order chi connectivity index (χ0) is 18.8. The molecule has 140 valence electrons. The summed E-state index contributed by atoms with van der Waals surface area (Å²) in [6.07, 6.45) is 2.41. The lowest BCUT2D eigenvalue weighted by molar-refractivity contribution is -0.450. The van der Waals surface area contributed by atoms with E-state index in [0.717, 1.165) is 17.3 Å². The summed E-state index contributed by atoms with van der Waals surface area (Å²) in [4.78, 5) is 31.5. The number of non-ortho nitro benzene ring substituents is 2. The second kappa shape index (κ2) is 8.04. The number of hydrogen-bond acceptors (Lipinski definition) is 5. The fourth-order valence-electron chi connectivity index (χ4n) is 2.98. The Balaban J connectivity index is 0.00000261. The van der Waals surface area contributed by atoms with Crippen molar-refractivity contribution in [2.24, 2.45) is 0 Å². The monoisotopic (exact) mass is 435 g/mol. The Hall–Kier alpha value is -3.14. The number of nitrogens with zero attached hydrogens (tertiary/aromatic N) is 3. The van der Waals surface area contributed by atoms with Gasteiger partial charge in [-0.25, -0.2) is 0 Å². The molecule has 0 atom stereocenters. The molecule has 0 fully saturated rings. The van der Waals surface area contributed by atoms with E-state index in [1.54, 1.807) is 12.1 Å². The first kappa shape index (κ1) is 20.2. The van der Waals surface area contributed by atoms with Gasteiger partial charge >= 0.3 is 5.97 Å². The molecule has 1 N–H and O–H groups in total. The predicted octanol–water partition coefficient (Wildman–Crippen LogP) is -0.395. The van der Waals surface area contributed by atoms with Gasteiger partial charge in [0.1, 0.15) is 0 Å². The Labute approximate surface area is 163 Å². The van der Waals surface area contributed by atoms with Gasteiger partial charge in [0.25, 0.3) is 11.4 Å². The Morgan fingerprint density at radius 1 is 1.04 bits per heavy atom. The van der Waals surface area contributed by atoms with Gasteiger partial charge in [0, 0.05) is 29.3 Å². The van der Waals surface area contributed by atoms with Crippen molar-refractivity contribution in [2.75, 3.05) is 0 Å². The van der Waals surface area contributed by atoms with Crippen LogP contribution >= 0.6 is 0 Å². The minimum atomic E-state index is -0.910. The van der Waals surface area contributed by atoms with E-state index in [-0.39, 0.29) is 41.3 Å². The molecule has 1 heterocycles. The first-order valence-electron chi connectivity index (χ1n) is 7.70. The van der Waals surface area contributed by atoms with Crippen LogP contribution in [0.2, 0.25) is 0 Å². The number of aliphatic carboxylic acids is 1. The molecule has 9 nitrogen and oxygen atoms in total. The fourth-order valence-corrected chi connectivity index (χ4v) is 2.98. The number of hydrogen-bond donors (Lipinski definition) is 1. The molecule has 1 aliphatic heterocycles. The SMILES string of the molecule is O=C(O)Cc1ccc2c(c1)CC=[N+]2Cc1cc([N+](=O)[O-])cc([N+](=O)[O-])c1.[Br-]. The van der Waals surface area contributed by atoms with Crippen molar-refractivity contribution in [1.82, 2.24) is 0 Å². The number of nitro groups is 2. The molecule has 10 heteroatoms. The summed E-state index contributed by atoms with van der Waals surface area (Å²) in [5.41, 5.74) is 2.29. The van der Waals surface area contributed by atoms with Crippen molar-refractivity contribution in [3.8, 4) is 0 Å². The molecule has 0 saturated carbocycles. The minimum Gasteiger partial charge on any atom is -1.00 e.